The van der Waals surface area contributed by atoms with Crippen molar-refractivity contribution in [1.82, 2.24) is 0 Å². The highest BCUT2D eigenvalue weighted by atomic mass is 16.7. The van der Waals surface area contributed by atoms with Crippen molar-refractivity contribution in [2.24, 2.45) is 0 Å². The second-order valence-electron chi connectivity index (χ2n) is 4.75. The largest absolute Gasteiger partial charge is 0.463 e. The van der Waals surface area contributed by atoms with E-state index in [1.165, 1.54) is 0 Å². The molecule has 0 saturated carbocycles. The topological polar surface area (TPSA) is 114 Å². The first-order valence-corrected chi connectivity index (χ1v) is 6.77. The summed E-state index contributed by atoms with van der Waals surface area (Å²) >= 11 is 0. The van der Waals surface area contributed by atoms with E-state index in [0.717, 1.165) is 27.7 Å². The van der Waals surface area contributed by atoms with Crippen LogP contribution in [0, 0.1) is 0 Å². The summed E-state index contributed by atoms with van der Waals surface area (Å²) in [5.74, 6) is -3.11. The van der Waals surface area contributed by atoms with Gasteiger partial charge in [0.2, 0.25) is 0 Å². The van der Waals surface area contributed by atoms with Crippen molar-refractivity contribution < 1.29 is 45.6 Å². The van der Waals surface area contributed by atoms with Crippen molar-refractivity contribution >= 4 is 23.9 Å². The van der Waals surface area contributed by atoms with Gasteiger partial charge in [-0.15, -0.1) is 0 Å². The van der Waals surface area contributed by atoms with E-state index in [-0.39, 0.29) is 0 Å². The van der Waals surface area contributed by atoms with Crippen LogP contribution in [0.25, 0.3) is 0 Å². The maximum Gasteiger partial charge on any atom is 0.303 e. The summed E-state index contributed by atoms with van der Waals surface area (Å²) < 4.78 is 40.8. The summed E-state index contributed by atoms with van der Waals surface area (Å²) in [4.78, 5) is 45.1. The van der Waals surface area contributed by atoms with Gasteiger partial charge in [-0.1, -0.05) is 0 Å². The van der Waals surface area contributed by atoms with Gasteiger partial charge in [0.25, 0.3) is 0 Å². The Morgan fingerprint density at radius 2 is 1.43 bits per heavy atom. The molecule has 9 heteroatoms. The van der Waals surface area contributed by atoms with Gasteiger partial charge < -0.3 is 23.7 Å². The highest BCUT2D eigenvalue weighted by Gasteiger charge is 2.47. The van der Waals surface area contributed by atoms with E-state index < -0.39 is 61.5 Å². The number of esters is 4. The molecule has 0 N–H and O–H groups in total. The molecule has 1 saturated heterocycles. The number of carbonyl (C=O) groups excluding carboxylic acids is 4. The smallest absolute Gasteiger partial charge is 0.303 e. The SMILES string of the molecule is [2H]C1([2H])O[C@H](COC(C)=O)[C@@H](OC(C)=O)[C@H](OC(C)=O)[C@H]1OC(C)=O. The molecule has 0 aliphatic carbocycles. The van der Waals surface area contributed by atoms with E-state index in [2.05, 4.69) is 0 Å². The summed E-state index contributed by atoms with van der Waals surface area (Å²) in [7, 11) is 0. The van der Waals surface area contributed by atoms with Crippen LogP contribution in [-0.2, 0) is 42.9 Å². The Morgan fingerprint density at radius 1 is 0.913 bits per heavy atom. The van der Waals surface area contributed by atoms with Gasteiger partial charge in [-0.25, -0.2) is 0 Å². The van der Waals surface area contributed by atoms with Gasteiger partial charge in [0.05, 0.1) is 9.30 Å². The Hall–Kier alpha value is -2.16. The van der Waals surface area contributed by atoms with Crippen molar-refractivity contribution in [3.05, 3.63) is 0 Å². The number of ether oxygens (including phenoxy) is 5. The fraction of sp³-hybridized carbons (Fsp3) is 0.714. The van der Waals surface area contributed by atoms with E-state index in [0.29, 0.717) is 0 Å². The average Bonchev–Trinajstić information content (AvgIpc) is 2.42. The van der Waals surface area contributed by atoms with E-state index in [1.807, 2.05) is 0 Å². The summed E-state index contributed by atoms with van der Waals surface area (Å²) in [5.41, 5.74) is 0. The van der Waals surface area contributed by atoms with Gasteiger partial charge in [-0.2, -0.15) is 0 Å². The van der Waals surface area contributed by atoms with E-state index in [4.69, 9.17) is 26.4 Å². The third-order valence-electron chi connectivity index (χ3n) is 2.67. The summed E-state index contributed by atoms with van der Waals surface area (Å²) in [6.07, 6.45) is -5.81. The highest BCUT2D eigenvalue weighted by Crippen LogP contribution is 2.24. The van der Waals surface area contributed by atoms with Crippen LogP contribution in [0.3, 0.4) is 0 Å². The lowest BCUT2D eigenvalue weighted by Gasteiger charge is -2.40. The molecule has 1 heterocycles. The molecule has 0 radical (unpaired) electrons. The molecule has 0 amide bonds. The van der Waals surface area contributed by atoms with Crippen molar-refractivity contribution in [1.29, 1.82) is 0 Å². The maximum atomic E-state index is 11.4. The van der Waals surface area contributed by atoms with Gasteiger partial charge in [-0.05, 0) is 0 Å². The van der Waals surface area contributed by atoms with Gasteiger partial charge in [-0.3, -0.25) is 19.2 Å². The molecule has 23 heavy (non-hydrogen) atoms. The minimum absolute atomic E-state index is 0.461. The molecule has 1 fully saturated rings. The normalized spacial score (nSPS) is 30.3. The van der Waals surface area contributed by atoms with Crippen molar-refractivity contribution in [3.8, 4) is 0 Å². The molecule has 0 spiro atoms. The van der Waals surface area contributed by atoms with E-state index in [9.17, 15) is 19.2 Å². The lowest BCUT2D eigenvalue weighted by molar-refractivity contribution is -0.231. The Morgan fingerprint density at radius 3 is 1.91 bits per heavy atom. The first kappa shape index (κ1) is 15.7. The fourth-order valence-electron chi connectivity index (χ4n) is 1.93. The summed E-state index contributed by atoms with van der Waals surface area (Å²) in [5, 5.41) is 0. The number of hydrogen-bond donors (Lipinski definition) is 0. The van der Waals surface area contributed by atoms with Crippen LogP contribution in [0.2, 0.25) is 0 Å². The highest BCUT2D eigenvalue weighted by molar-refractivity contribution is 5.68. The molecule has 0 bridgehead atoms. The predicted molar refractivity (Wildman–Crippen MR) is 73.0 cm³/mol. The molecule has 0 aromatic rings. The van der Waals surface area contributed by atoms with Gasteiger partial charge >= 0.3 is 23.9 Å². The Balaban J connectivity index is 3.24. The summed E-state index contributed by atoms with van der Waals surface area (Å²) in [6.45, 7) is 1.25. The van der Waals surface area contributed by atoms with Crippen molar-refractivity contribution in [2.75, 3.05) is 13.2 Å². The molecule has 9 nitrogen and oxygen atoms in total. The van der Waals surface area contributed by atoms with Crippen LogP contribution in [0.4, 0.5) is 0 Å². The summed E-state index contributed by atoms with van der Waals surface area (Å²) in [6, 6.07) is 0. The van der Waals surface area contributed by atoms with Crippen LogP contribution in [0.15, 0.2) is 0 Å². The van der Waals surface area contributed by atoms with Crippen LogP contribution in [0.1, 0.15) is 30.4 Å². The van der Waals surface area contributed by atoms with Crippen LogP contribution >= 0.6 is 0 Å². The third-order valence-corrected chi connectivity index (χ3v) is 2.67. The lowest BCUT2D eigenvalue weighted by Crippen LogP contribution is -2.58. The molecular formula is C14H20O9. The quantitative estimate of drug-likeness (QED) is 0.495. The van der Waals surface area contributed by atoms with E-state index >= 15 is 0 Å². The zero-order valence-corrected chi connectivity index (χ0v) is 13.2. The average molecular weight is 334 g/mol. The minimum atomic E-state index is -2.59. The predicted octanol–water partition coefficient (Wildman–Crippen LogP) is -0.257. The van der Waals surface area contributed by atoms with Crippen LogP contribution in [-0.4, -0.2) is 61.5 Å². The van der Waals surface area contributed by atoms with E-state index in [1.54, 1.807) is 0 Å². The Bertz CT molecular complexity index is 548. The number of hydrogen-bond acceptors (Lipinski definition) is 9. The third kappa shape index (κ3) is 6.23. The molecule has 1 aliphatic rings. The second kappa shape index (κ2) is 8.47. The van der Waals surface area contributed by atoms with Crippen molar-refractivity contribution in [3.63, 3.8) is 0 Å². The molecule has 1 rings (SSSR count). The fourth-order valence-corrected chi connectivity index (χ4v) is 1.93. The standard InChI is InChI=1S/C14H20O9/c1-7(15)19-5-11-13(22-9(3)17)14(23-10(4)18)12(6-20-11)21-8(2)16/h11-14H,5-6H2,1-4H3/t11-,12+,13-,14-/m1/s1/i6D2. The Kier molecular flexibility index (Phi) is 5.79. The second-order valence-corrected chi connectivity index (χ2v) is 4.75. The molecule has 0 aromatic heterocycles. The first-order chi connectivity index (χ1) is 11.4. The van der Waals surface area contributed by atoms with Gasteiger partial charge in [0.1, 0.15) is 12.7 Å². The molecule has 130 valence electrons. The molecule has 4 atom stereocenters. The minimum Gasteiger partial charge on any atom is -0.463 e. The molecule has 0 unspecified atom stereocenters. The van der Waals surface area contributed by atoms with Crippen molar-refractivity contribution in [2.45, 2.75) is 52.1 Å². The van der Waals surface area contributed by atoms with Crippen LogP contribution < -0.4 is 0 Å². The molecule has 1 aliphatic heterocycles. The number of rotatable bonds is 5. The molecule has 0 aromatic carbocycles. The monoisotopic (exact) mass is 334 g/mol. The Labute approximate surface area is 136 Å². The van der Waals surface area contributed by atoms with Gasteiger partial charge in [0.15, 0.2) is 18.3 Å². The van der Waals surface area contributed by atoms with Gasteiger partial charge in [0, 0.05) is 27.7 Å². The lowest BCUT2D eigenvalue weighted by atomic mass is 9.99. The van der Waals surface area contributed by atoms with Crippen LogP contribution in [0.5, 0.6) is 0 Å². The maximum absolute atomic E-state index is 11.4. The number of carbonyl (C=O) groups is 4. The zero-order valence-electron chi connectivity index (χ0n) is 15.2. The first-order valence-electron chi connectivity index (χ1n) is 7.77. The zero-order chi connectivity index (χ0) is 19.4. The molecular weight excluding hydrogens is 312 g/mol.